The zero-order valence-electron chi connectivity index (χ0n) is 12.8. The summed E-state index contributed by atoms with van der Waals surface area (Å²) < 4.78 is 10.4. The molecule has 0 radical (unpaired) electrons. The number of carbonyl (C=O) groups excluding carboxylic acids is 1. The molecule has 0 spiro atoms. The van der Waals surface area contributed by atoms with Crippen molar-refractivity contribution in [2.45, 2.75) is 32.1 Å². The number of carboxylic acid groups (broad SMARTS) is 1. The third-order valence-corrected chi connectivity index (χ3v) is 3.95. The number of anilines is 1. The second kappa shape index (κ2) is 7.15. The van der Waals surface area contributed by atoms with Crippen LogP contribution in [-0.4, -0.2) is 31.2 Å². The minimum Gasteiger partial charge on any atom is -0.493 e. The third-order valence-electron chi connectivity index (χ3n) is 3.95. The van der Waals surface area contributed by atoms with E-state index in [9.17, 15) is 9.59 Å². The summed E-state index contributed by atoms with van der Waals surface area (Å²) in [5.74, 6) is -0.205. The van der Waals surface area contributed by atoms with Crippen molar-refractivity contribution in [3.8, 4) is 11.5 Å². The van der Waals surface area contributed by atoms with Crippen LogP contribution >= 0.6 is 0 Å². The van der Waals surface area contributed by atoms with Gasteiger partial charge in [0.05, 0.1) is 25.5 Å². The number of methoxy groups -OCH3 is 2. The number of hydrogen-bond acceptors (Lipinski definition) is 4. The molecule has 0 aromatic heterocycles. The lowest BCUT2D eigenvalue weighted by atomic mass is 10.0. The van der Waals surface area contributed by atoms with Crippen molar-refractivity contribution in [2.24, 2.45) is 5.92 Å². The first kappa shape index (κ1) is 16.1. The number of aromatic carboxylic acids is 1. The molecule has 6 nitrogen and oxygen atoms in total. The van der Waals surface area contributed by atoms with Crippen LogP contribution in [0.15, 0.2) is 12.1 Å². The van der Waals surface area contributed by atoms with Gasteiger partial charge in [-0.05, 0) is 30.9 Å². The van der Waals surface area contributed by atoms with E-state index < -0.39 is 5.97 Å². The second-order valence-electron chi connectivity index (χ2n) is 5.47. The predicted octanol–water partition coefficient (Wildman–Crippen LogP) is 2.92. The van der Waals surface area contributed by atoms with E-state index in [0.29, 0.717) is 23.8 Å². The van der Waals surface area contributed by atoms with Gasteiger partial charge in [-0.3, -0.25) is 4.79 Å². The van der Waals surface area contributed by atoms with E-state index in [4.69, 9.17) is 14.6 Å². The smallest absolute Gasteiger partial charge is 0.335 e. The summed E-state index contributed by atoms with van der Waals surface area (Å²) in [6.07, 6.45) is 4.93. The van der Waals surface area contributed by atoms with Gasteiger partial charge in [0, 0.05) is 6.42 Å². The number of rotatable bonds is 6. The summed E-state index contributed by atoms with van der Waals surface area (Å²) in [6.45, 7) is 0. The Balaban J connectivity index is 2.21. The van der Waals surface area contributed by atoms with Crippen LogP contribution in [-0.2, 0) is 4.79 Å². The highest BCUT2D eigenvalue weighted by molar-refractivity contribution is 5.96. The van der Waals surface area contributed by atoms with Gasteiger partial charge in [-0.15, -0.1) is 0 Å². The summed E-state index contributed by atoms with van der Waals surface area (Å²) in [5, 5.41) is 11.9. The molecule has 0 atom stereocenters. The lowest BCUT2D eigenvalue weighted by molar-refractivity contribution is -0.117. The molecule has 0 aliphatic heterocycles. The first-order valence-electron chi connectivity index (χ1n) is 7.34. The molecule has 0 bridgehead atoms. The first-order valence-corrected chi connectivity index (χ1v) is 7.34. The number of ether oxygens (including phenoxy) is 2. The van der Waals surface area contributed by atoms with Crippen LogP contribution in [0.4, 0.5) is 5.69 Å². The van der Waals surface area contributed by atoms with Gasteiger partial charge in [-0.1, -0.05) is 12.8 Å². The third kappa shape index (κ3) is 3.69. The molecule has 1 aromatic rings. The Morgan fingerprint density at radius 2 is 1.91 bits per heavy atom. The van der Waals surface area contributed by atoms with Crippen LogP contribution in [0.2, 0.25) is 0 Å². The van der Waals surface area contributed by atoms with E-state index in [-0.39, 0.29) is 17.2 Å². The molecule has 22 heavy (non-hydrogen) atoms. The fourth-order valence-electron chi connectivity index (χ4n) is 2.86. The van der Waals surface area contributed by atoms with E-state index in [1.54, 1.807) is 0 Å². The van der Waals surface area contributed by atoms with Crippen LogP contribution in [0.3, 0.4) is 0 Å². The van der Waals surface area contributed by atoms with Crippen LogP contribution in [0.25, 0.3) is 0 Å². The molecule has 1 fully saturated rings. The maximum atomic E-state index is 12.2. The average Bonchev–Trinajstić information content (AvgIpc) is 2.98. The minimum atomic E-state index is -1.09. The van der Waals surface area contributed by atoms with Crippen LogP contribution < -0.4 is 14.8 Å². The molecule has 120 valence electrons. The van der Waals surface area contributed by atoms with Gasteiger partial charge in [0.2, 0.25) is 5.91 Å². The first-order chi connectivity index (χ1) is 10.5. The largest absolute Gasteiger partial charge is 0.493 e. The van der Waals surface area contributed by atoms with Gasteiger partial charge in [0.15, 0.2) is 11.5 Å². The molecule has 2 N–H and O–H groups in total. The molecular weight excluding hydrogens is 286 g/mol. The topological polar surface area (TPSA) is 84.9 Å². The highest BCUT2D eigenvalue weighted by atomic mass is 16.5. The number of carbonyl (C=O) groups is 2. The summed E-state index contributed by atoms with van der Waals surface area (Å²) in [4.78, 5) is 23.3. The van der Waals surface area contributed by atoms with Crippen molar-refractivity contribution in [2.75, 3.05) is 19.5 Å². The lowest BCUT2D eigenvalue weighted by Gasteiger charge is -2.16. The maximum absolute atomic E-state index is 12.2. The fraction of sp³-hybridized carbons (Fsp3) is 0.500. The van der Waals surface area contributed by atoms with Crippen molar-refractivity contribution in [1.29, 1.82) is 0 Å². The Morgan fingerprint density at radius 1 is 1.23 bits per heavy atom. The number of nitrogens with one attached hydrogen (secondary N) is 1. The monoisotopic (exact) mass is 307 g/mol. The lowest BCUT2D eigenvalue weighted by Crippen LogP contribution is -2.16. The summed E-state index contributed by atoms with van der Waals surface area (Å²) in [7, 11) is 2.87. The van der Waals surface area contributed by atoms with E-state index >= 15 is 0 Å². The minimum absolute atomic E-state index is 0.0359. The zero-order chi connectivity index (χ0) is 16.1. The Bertz CT molecular complexity index is 564. The number of carboxylic acids is 1. The molecular formula is C16H21NO5. The highest BCUT2D eigenvalue weighted by Gasteiger charge is 2.21. The Morgan fingerprint density at radius 3 is 2.45 bits per heavy atom. The molecule has 0 heterocycles. The predicted molar refractivity (Wildman–Crippen MR) is 81.7 cm³/mol. The Kier molecular flexibility index (Phi) is 5.25. The van der Waals surface area contributed by atoms with Crippen LogP contribution in [0, 0.1) is 5.92 Å². The number of amides is 1. The quantitative estimate of drug-likeness (QED) is 0.844. The molecule has 6 heteroatoms. The molecule has 0 unspecified atom stereocenters. The van der Waals surface area contributed by atoms with Crippen molar-refractivity contribution in [1.82, 2.24) is 0 Å². The van der Waals surface area contributed by atoms with Crippen molar-refractivity contribution < 1.29 is 24.2 Å². The average molecular weight is 307 g/mol. The van der Waals surface area contributed by atoms with Gasteiger partial charge < -0.3 is 19.9 Å². The molecule has 1 aliphatic carbocycles. The number of hydrogen-bond donors (Lipinski definition) is 2. The van der Waals surface area contributed by atoms with Gasteiger partial charge >= 0.3 is 5.97 Å². The van der Waals surface area contributed by atoms with Crippen molar-refractivity contribution in [3.63, 3.8) is 0 Å². The van der Waals surface area contributed by atoms with Crippen LogP contribution in [0.5, 0.6) is 11.5 Å². The van der Waals surface area contributed by atoms with E-state index in [2.05, 4.69) is 5.32 Å². The molecule has 2 rings (SSSR count). The van der Waals surface area contributed by atoms with Crippen LogP contribution in [0.1, 0.15) is 42.5 Å². The zero-order valence-corrected chi connectivity index (χ0v) is 12.8. The summed E-state index contributed by atoms with van der Waals surface area (Å²) in [5.41, 5.74) is 0.357. The van der Waals surface area contributed by atoms with E-state index in [1.807, 2.05) is 0 Å². The highest BCUT2D eigenvalue weighted by Crippen LogP contribution is 2.37. The Hall–Kier alpha value is -2.24. The van der Waals surface area contributed by atoms with Crippen molar-refractivity contribution in [3.05, 3.63) is 17.7 Å². The van der Waals surface area contributed by atoms with Gasteiger partial charge in [0.1, 0.15) is 0 Å². The molecule has 1 aliphatic rings. The molecule has 0 saturated heterocycles. The Labute approximate surface area is 129 Å². The molecule has 1 saturated carbocycles. The fourth-order valence-corrected chi connectivity index (χ4v) is 2.86. The SMILES string of the molecule is COc1cc(C(=O)O)cc(NC(=O)CC2CCCC2)c1OC. The second-order valence-corrected chi connectivity index (χ2v) is 5.47. The van der Waals surface area contributed by atoms with Gasteiger partial charge in [-0.25, -0.2) is 4.79 Å². The maximum Gasteiger partial charge on any atom is 0.335 e. The summed E-state index contributed by atoms with van der Waals surface area (Å²) >= 11 is 0. The van der Waals surface area contributed by atoms with Crippen molar-refractivity contribution >= 4 is 17.6 Å². The normalized spacial score (nSPS) is 14.6. The number of benzene rings is 1. The standard InChI is InChI=1S/C16H21NO5/c1-21-13-9-11(16(19)20)8-12(15(13)22-2)17-14(18)7-10-5-3-4-6-10/h8-10H,3-7H2,1-2H3,(H,17,18)(H,19,20). The molecule has 1 aromatic carbocycles. The van der Waals surface area contributed by atoms with Gasteiger partial charge in [-0.2, -0.15) is 0 Å². The summed E-state index contributed by atoms with van der Waals surface area (Å²) in [6, 6.07) is 2.75. The van der Waals surface area contributed by atoms with Gasteiger partial charge in [0.25, 0.3) is 0 Å². The van der Waals surface area contributed by atoms with E-state index in [0.717, 1.165) is 12.8 Å². The van der Waals surface area contributed by atoms with E-state index in [1.165, 1.54) is 39.2 Å². The molecule has 1 amide bonds.